The molecule has 0 aliphatic carbocycles. The summed E-state index contributed by atoms with van der Waals surface area (Å²) in [6.45, 7) is 8.01. The van der Waals surface area contributed by atoms with Crippen LogP contribution in [0.3, 0.4) is 0 Å². The molecule has 1 fully saturated rings. The first-order valence-corrected chi connectivity index (χ1v) is 11.8. The maximum absolute atomic E-state index is 12.1. The Kier molecular flexibility index (Phi) is 6.72. The third-order valence-corrected chi connectivity index (χ3v) is 6.41. The Morgan fingerprint density at radius 3 is 2.58 bits per heavy atom. The predicted molar refractivity (Wildman–Crippen MR) is 138 cm³/mol. The average Bonchev–Trinajstić information content (AvgIpc) is 3.40. The van der Waals surface area contributed by atoms with Gasteiger partial charge in [-0.2, -0.15) is 0 Å². The molecule has 3 heterocycles. The number of thiocarbonyl (C=S) groups is 1. The van der Waals surface area contributed by atoms with Crippen molar-refractivity contribution in [3.05, 3.63) is 77.3 Å². The van der Waals surface area contributed by atoms with Crippen molar-refractivity contribution in [3.8, 4) is 0 Å². The van der Waals surface area contributed by atoms with Gasteiger partial charge in [0.2, 0.25) is 5.91 Å². The number of benzene rings is 1. The highest BCUT2D eigenvalue weighted by Crippen LogP contribution is 2.43. The van der Waals surface area contributed by atoms with Gasteiger partial charge in [0.25, 0.3) is 0 Å². The molecule has 1 aliphatic heterocycles. The van der Waals surface area contributed by atoms with E-state index in [0.717, 1.165) is 17.1 Å². The van der Waals surface area contributed by atoms with Crippen LogP contribution in [-0.2, 0) is 4.79 Å². The van der Waals surface area contributed by atoms with Crippen molar-refractivity contribution in [2.24, 2.45) is 5.92 Å². The number of halogens is 1. The largest absolute Gasteiger partial charge is 0.351 e. The number of nitrogens with one attached hydrogen (secondary N) is 2. The molecule has 1 amide bonds. The fourth-order valence-electron chi connectivity index (χ4n) is 4.09. The molecule has 33 heavy (non-hydrogen) atoms. The van der Waals surface area contributed by atoms with E-state index in [1.54, 1.807) is 6.20 Å². The summed E-state index contributed by atoms with van der Waals surface area (Å²) in [7, 11) is 0. The second-order valence-electron chi connectivity index (χ2n) is 8.74. The van der Waals surface area contributed by atoms with Crippen molar-refractivity contribution < 1.29 is 4.79 Å². The monoisotopic (exact) mass is 481 g/mol. The van der Waals surface area contributed by atoms with Crippen LogP contribution < -0.4 is 15.5 Å². The lowest BCUT2D eigenvalue weighted by Gasteiger charge is -2.30. The first-order valence-electron chi connectivity index (χ1n) is 11.1. The maximum Gasteiger partial charge on any atom is 0.226 e. The van der Waals surface area contributed by atoms with Crippen LogP contribution in [0.1, 0.15) is 57.2 Å². The summed E-state index contributed by atoms with van der Waals surface area (Å²) in [5.74, 6) is -0.214. The van der Waals surface area contributed by atoms with Gasteiger partial charge in [-0.25, -0.2) is 0 Å². The number of amides is 1. The molecule has 1 saturated heterocycles. The minimum atomic E-state index is -0.136. The zero-order valence-electron chi connectivity index (χ0n) is 19.1. The van der Waals surface area contributed by atoms with E-state index in [-0.39, 0.29) is 30.0 Å². The van der Waals surface area contributed by atoms with Crippen LogP contribution >= 0.6 is 23.8 Å². The van der Waals surface area contributed by atoms with Crippen LogP contribution in [0.2, 0.25) is 5.02 Å². The number of aromatic nitrogens is 2. The normalized spacial score (nSPS) is 18.2. The molecule has 3 aromatic rings. The van der Waals surface area contributed by atoms with Crippen molar-refractivity contribution in [1.82, 2.24) is 14.9 Å². The second-order valence-corrected chi connectivity index (χ2v) is 9.53. The molecule has 0 radical (unpaired) electrons. The SMILES string of the molecule is CC(C)C(=O)Nc1ccc(N2C(=S)NC(c3ccccn3)C2c2cccn2C(C)C)cc1Cl. The van der Waals surface area contributed by atoms with E-state index in [1.807, 2.05) is 50.2 Å². The Morgan fingerprint density at radius 1 is 1.15 bits per heavy atom. The molecular weight excluding hydrogens is 454 g/mol. The number of anilines is 2. The minimum absolute atomic E-state index is 0.0779. The Labute approximate surface area is 205 Å². The van der Waals surface area contributed by atoms with Gasteiger partial charge < -0.3 is 20.1 Å². The highest BCUT2D eigenvalue weighted by Gasteiger charge is 2.42. The number of rotatable bonds is 6. The van der Waals surface area contributed by atoms with Gasteiger partial charge in [0.1, 0.15) is 6.04 Å². The zero-order valence-corrected chi connectivity index (χ0v) is 20.7. The molecule has 1 aromatic carbocycles. The molecule has 4 rings (SSSR count). The average molecular weight is 482 g/mol. The summed E-state index contributed by atoms with van der Waals surface area (Å²) in [5, 5.41) is 7.42. The lowest BCUT2D eigenvalue weighted by Crippen LogP contribution is -2.30. The number of carbonyl (C=O) groups is 1. The van der Waals surface area contributed by atoms with Crippen LogP contribution in [-0.4, -0.2) is 20.6 Å². The summed E-state index contributed by atoms with van der Waals surface area (Å²) in [5.41, 5.74) is 3.47. The molecule has 2 aromatic heterocycles. The van der Waals surface area contributed by atoms with E-state index in [4.69, 9.17) is 23.8 Å². The molecule has 6 nitrogen and oxygen atoms in total. The fraction of sp³-hybridized carbons (Fsp3) is 0.320. The van der Waals surface area contributed by atoms with Gasteiger partial charge in [0.05, 0.1) is 22.4 Å². The summed E-state index contributed by atoms with van der Waals surface area (Å²) < 4.78 is 2.25. The molecule has 172 valence electrons. The fourth-order valence-corrected chi connectivity index (χ4v) is 4.66. The number of hydrogen-bond acceptors (Lipinski definition) is 3. The first kappa shape index (κ1) is 23.3. The van der Waals surface area contributed by atoms with E-state index in [1.165, 1.54) is 0 Å². The molecule has 2 unspecified atom stereocenters. The Morgan fingerprint density at radius 2 is 1.94 bits per heavy atom. The molecule has 2 atom stereocenters. The van der Waals surface area contributed by atoms with E-state index >= 15 is 0 Å². The van der Waals surface area contributed by atoms with Crippen LogP contribution in [0.5, 0.6) is 0 Å². The van der Waals surface area contributed by atoms with Crippen LogP contribution in [0.25, 0.3) is 0 Å². The molecule has 1 aliphatic rings. The quantitative estimate of drug-likeness (QED) is 0.430. The third-order valence-electron chi connectivity index (χ3n) is 5.78. The predicted octanol–water partition coefficient (Wildman–Crippen LogP) is 5.89. The van der Waals surface area contributed by atoms with Gasteiger partial charge in [0, 0.05) is 35.7 Å². The van der Waals surface area contributed by atoms with Gasteiger partial charge in [0.15, 0.2) is 5.11 Å². The van der Waals surface area contributed by atoms with Gasteiger partial charge in [-0.05, 0) is 68.5 Å². The number of carbonyl (C=O) groups excluding carboxylic acids is 1. The number of pyridine rings is 1. The Balaban J connectivity index is 1.77. The number of nitrogens with zero attached hydrogens (tertiary/aromatic N) is 3. The van der Waals surface area contributed by atoms with Gasteiger partial charge in [-0.1, -0.05) is 31.5 Å². The smallest absolute Gasteiger partial charge is 0.226 e. The third kappa shape index (κ3) is 4.61. The van der Waals surface area contributed by atoms with Crippen molar-refractivity contribution in [1.29, 1.82) is 0 Å². The molecule has 8 heteroatoms. The topological polar surface area (TPSA) is 62.2 Å². The maximum atomic E-state index is 12.1. The minimum Gasteiger partial charge on any atom is -0.351 e. The second kappa shape index (κ2) is 9.53. The van der Waals surface area contributed by atoms with E-state index < -0.39 is 0 Å². The van der Waals surface area contributed by atoms with E-state index in [9.17, 15) is 4.79 Å². The van der Waals surface area contributed by atoms with Gasteiger partial charge >= 0.3 is 0 Å². The summed E-state index contributed by atoms with van der Waals surface area (Å²) in [4.78, 5) is 18.8. The molecule has 0 spiro atoms. The van der Waals surface area contributed by atoms with Crippen LogP contribution in [0.4, 0.5) is 11.4 Å². The summed E-state index contributed by atoms with van der Waals surface area (Å²) in [6.07, 6.45) is 3.89. The molecule has 0 bridgehead atoms. The highest BCUT2D eigenvalue weighted by atomic mass is 35.5. The lowest BCUT2D eigenvalue weighted by atomic mass is 10.0. The summed E-state index contributed by atoms with van der Waals surface area (Å²) >= 11 is 12.4. The Hall–Kier alpha value is -2.90. The first-order chi connectivity index (χ1) is 15.8. The van der Waals surface area contributed by atoms with Crippen LogP contribution in [0.15, 0.2) is 60.9 Å². The van der Waals surface area contributed by atoms with Crippen LogP contribution in [0, 0.1) is 5.92 Å². The zero-order chi connectivity index (χ0) is 23.7. The molecule has 0 saturated carbocycles. The van der Waals surface area contributed by atoms with E-state index in [2.05, 4.69) is 57.3 Å². The Bertz CT molecular complexity index is 1160. The molecular formula is C25H28ClN5OS. The van der Waals surface area contributed by atoms with Gasteiger partial charge in [-0.3, -0.25) is 9.78 Å². The van der Waals surface area contributed by atoms with Crippen molar-refractivity contribution in [2.45, 2.75) is 45.8 Å². The lowest BCUT2D eigenvalue weighted by molar-refractivity contribution is -0.118. The van der Waals surface area contributed by atoms with Crippen molar-refractivity contribution >= 4 is 46.2 Å². The van der Waals surface area contributed by atoms with E-state index in [0.29, 0.717) is 15.8 Å². The highest BCUT2D eigenvalue weighted by molar-refractivity contribution is 7.80. The van der Waals surface area contributed by atoms with Gasteiger partial charge in [-0.15, -0.1) is 0 Å². The van der Waals surface area contributed by atoms with Crippen molar-refractivity contribution in [2.75, 3.05) is 10.2 Å². The number of hydrogen-bond donors (Lipinski definition) is 2. The summed E-state index contributed by atoms with van der Waals surface area (Å²) in [6, 6.07) is 15.7. The standard InChI is InChI=1S/C25H28ClN5OS/c1-15(2)24(32)28-19-11-10-17(14-18(19)26)31-23(21-9-7-13-30(21)16(3)4)22(29-25(31)33)20-8-5-6-12-27-20/h5-16,22-23H,1-4H3,(H,28,32)(H,29,33). The molecule has 2 N–H and O–H groups in total. The van der Waals surface area contributed by atoms with Crippen molar-refractivity contribution in [3.63, 3.8) is 0 Å².